The lowest BCUT2D eigenvalue weighted by atomic mass is 9.84. The summed E-state index contributed by atoms with van der Waals surface area (Å²) in [6.45, 7) is 6.34. The quantitative estimate of drug-likeness (QED) is 0.931. The first kappa shape index (κ1) is 14.2. The second kappa shape index (κ2) is 5.07. The number of anilines is 1. The molecule has 2 rings (SSSR count). The highest BCUT2D eigenvalue weighted by Gasteiger charge is 2.24. The van der Waals surface area contributed by atoms with Crippen LogP contribution in [-0.2, 0) is 5.41 Å². The molecule has 0 unspecified atom stereocenters. The topological polar surface area (TPSA) is 70.5 Å². The smallest absolute Gasteiger partial charge is 0.172 e. The Bertz CT molecular complexity index is 612. The van der Waals surface area contributed by atoms with E-state index < -0.39 is 0 Å². The molecule has 0 radical (unpaired) electrons. The van der Waals surface area contributed by atoms with Crippen molar-refractivity contribution in [2.24, 2.45) is 0 Å². The third kappa shape index (κ3) is 2.57. The van der Waals surface area contributed by atoms with Crippen LogP contribution in [0, 0.1) is 0 Å². The molecule has 0 amide bonds. The molecule has 5 nitrogen and oxygen atoms in total. The summed E-state index contributed by atoms with van der Waals surface area (Å²) in [5, 5.41) is 3.72. The van der Waals surface area contributed by atoms with Crippen LogP contribution < -0.4 is 15.2 Å². The summed E-state index contributed by atoms with van der Waals surface area (Å²) in [5.41, 5.74) is 7.34. The molecule has 1 heterocycles. The standard InChI is InChI=1S/C15H20N2O3/c1-15(2,3)11-7-9(18-4)6-10(14(11)19-5)12-8-13(16)17-20-12/h6-8H,1-5H3,(H2,16,17). The molecule has 5 heteroatoms. The molecule has 0 aliphatic heterocycles. The van der Waals surface area contributed by atoms with Gasteiger partial charge in [-0.2, -0.15) is 0 Å². The van der Waals surface area contributed by atoms with Crippen LogP contribution in [0.3, 0.4) is 0 Å². The van der Waals surface area contributed by atoms with Crippen molar-refractivity contribution in [2.45, 2.75) is 26.2 Å². The summed E-state index contributed by atoms with van der Waals surface area (Å²) in [5.74, 6) is 2.38. The van der Waals surface area contributed by atoms with E-state index in [1.165, 1.54) is 0 Å². The van der Waals surface area contributed by atoms with Crippen molar-refractivity contribution in [2.75, 3.05) is 20.0 Å². The van der Waals surface area contributed by atoms with Gasteiger partial charge in [0.25, 0.3) is 0 Å². The predicted octanol–water partition coefficient (Wildman–Crippen LogP) is 3.24. The summed E-state index contributed by atoms with van der Waals surface area (Å²) >= 11 is 0. The number of nitrogen functional groups attached to an aromatic ring is 1. The van der Waals surface area contributed by atoms with Crippen LogP contribution in [0.25, 0.3) is 11.3 Å². The van der Waals surface area contributed by atoms with E-state index in [9.17, 15) is 0 Å². The number of aromatic nitrogens is 1. The maximum atomic E-state index is 5.62. The maximum Gasteiger partial charge on any atom is 0.172 e. The molecule has 0 atom stereocenters. The molecule has 0 bridgehead atoms. The van der Waals surface area contributed by atoms with E-state index in [-0.39, 0.29) is 5.41 Å². The van der Waals surface area contributed by atoms with E-state index in [2.05, 4.69) is 25.9 Å². The van der Waals surface area contributed by atoms with E-state index in [4.69, 9.17) is 19.7 Å². The Labute approximate surface area is 118 Å². The third-order valence-corrected chi connectivity index (χ3v) is 3.10. The molecule has 0 fully saturated rings. The number of benzene rings is 1. The van der Waals surface area contributed by atoms with Crippen molar-refractivity contribution < 1.29 is 14.0 Å². The summed E-state index contributed by atoms with van der Waals surface area (Å²) in [4.78, 5) is 0. The van der Waals surface area contributed by atoms with E-state index in [0.29, 0.717) is 11.6 Å². The minimum atomic E-state index is -0.0970. The first-order chi connectivity index (χ1) is 9.36. The molecule has 1 aromatic carbocycles. The van der Waals surface area contributed by atoms with Crippen LogP contribution >= 0.6 is 0 Å². The van der Waals surface area contributed by atoms with Gasteiger partial charge in [-0.25, -0.2) is 0 Å². The van der Waals surface area contributed by atoms with Crippen molar-refractivity contribution in [1.82, 2.24) is 5.16 Å². The maximum absolute atomic E-state index is 5.62. The number of nitrogens with zero attached hydrogens (tertiary/aromatic N) is 1. The molecule has 0 aliphatic carbocycles. The minimum Gasteiger partial charge on any atom is -0.497 e. The van der Waals surface area contributed by atoms with E-state index in [1.54, 1.807) is 20.3 Å². The lowest BCUT2D eigenvalue weighted by Crippen LogP contribution is -2.13. The van der Waals surface area contributed by atoms with Gasteiger partial charge in [0, 0.05) is 11.6 Å². The van der Waals surface area contributed by atoms with Gasteiger partial charge >= 0.3 is 0 Å². The van der Waals surface area contributed by atoms with Gasteiger partial charge in [0.1, 0.15) is 11.5 Å². The highest BCUT2D eigenvalue weighted by Crippen LogP contribution is 2.42. The van der Waals surface area contributed by atoms with E-state index in [0.717, 1.165) is 22.6 Å². The fourth-order valence-electron chi connectivity index (χ4n) is 2.10. The summed E-state index contributed by atoms with van der Waals surface area (Å²) < 4.78 is 16.2. The number of ether oxygens (including phenoxy) is 2. The minimum absolute atomic E-state index is 0.0970. The Morgan fingerprint density at radius 2 is 1.80 bits per heavy atom. The summed E-state index contributed by atoms with van der Waals surface area (Å²) in [6, 6.07) is 5.50. The number of methoxy groups -OCH3 is 2. The van der Waals surface area contributed by atoms with Crippen molar-refractivity contribution >= 4 is 5.82 Å². The molecule has 0 spiro atoms. The SMILES string of the molecule is COc1cc(-c2cc(N)no2)c(OC)c(C(C)(C)C)c1. The van der Waals surface area contributed by atoms with Crippen molar-refractivity contribution in [3.05, 3.63) is 23.8 Å². The van der Waals surface area contributed by atoms with Crippen molar-refractivity contribution in [1.29, 1.82) is 0 Å². The highest BCUT2D eigenvalue weighted by atomic mass is 16.5. The van der Waals surface area contributed by atoms with Crippen molar-refractivity contribution in [3.8, 4) is 22.8 Å². The molecule has 108 valence electrons. The molecule has 1 aromatic heterocycles. The summed E-state index contributed by atoms with van der Waals surface area (Å²) in [7, 11) is 3.27. The van der Waals surface area contributed by atoms with Crippen LogP contribution in [0.4, 0.5) is 5.82 Å². The Balaban J connectivity index is 2.72. The molecule has 0 aliphatic rings. The second-order valence-electron chi connectivity index (χ2n) is 5.62. The van der Waals surface area contributed by atoms with Gasteiger partial charge in [0.05, 0.1) is 19.8 Å². The Kier molecular flexibility index (Phi) is 3.61. The average Bonchev–Trinajstić information content (AvgIpc) is 2.82. The lowest BCUT2D eigenvalue weighted by molar-refractivity contribution is 0.384. The molecule has 20 heavy (non-hydrogen) atoms. The van der Waals surface area contributed by atoms with Gasteiger partial charge < -0.3 is 19.7 Å². The van der Waals surface area contributed by atoms with Crippen LogP contribution in [0.15, 0.2) is 22.7 Å². The molecule has 0 saturated carbocycles. The first-order valence-electron chi connectivity index (χ1n) is 6.36. The number of nitrogens with two attached hydrogens (primary N) is 1. The van der Waals surface area contributed by atoms with Gasteiger partial charge in [0.15, 0.2) is 11.6 Å². The lowest BCUT2D eigenvalue weighted by Gasteiger charge is -2.24. The monoisotopic (exact) mass is 276 g/mol. The molecule has 2 N–H and O–H groups in total. The van der Waals surface area contributed by atoms with Gasteiger partial charge in [-0.05, 0) is 17.5 Å². The van der Waals surface area contributed by atoms with E-state index in [1.807, 2.05) is 12.1 Å². The average molecular weight is 276 g/mol. The molecule has 2 aromatic rings. The fourth-order valence-corrected chi connectivity index (χ4v) is 2.10. The normalized spacial score (nSPS) is 11.4. The first-order valence-corrected chi connectivity index (χ1v) is 6.36. The van der Waals surface area contributed by atoms with Crippen LogP contribution in [0.2, 0.25) is 0 Å². The van der Waals surface area contributed by atoms with Gasteiger partial charge in [-0.15, -0.1) is 0 Å². The van der Waals surface area contributed by atoms with Crippen LogP contribution in [-0.4, -0.2) is 19.4 Å². The fraction of sp³-hybridized carbons (Fsp3) is 0.400. The van der Waals surface area contributed by atoms with Crippen molar-refractivity contribution in [3.63, 3.8) is 0 Å². The zero-order valence-electron chi connectivity index (χ0n) is 12.5. The highest BCUT2D eigenvalue weighted by molar-refractivity contribution is 5.72. The Morgan fingerprint density at radius 3 is 2.25 bits per heavy atom. The Hall–Kier alpha value is -2.17. The number of rotatable bonds is 3. The largest absolute Gasteiger partial charge is 0.497 e. The van der Waals surface area contributed by atoms with Gasteiger partial charge in [-0.3, -0.25) is 0 Å². The number of hydrogen-bond donors (Lipinski definition) is 1. The zero-order valence-corrected chi connectivity index (χ0v) is 12.5. The molecule has 0 saturated heterocycles. The second-order valence-corrected chi connectivity index (χ2v) is 5.62. The molecular weight excluding hydrogens is 256 g/mol. The van der Waals surface area contributed by atoms with Gasteiger partial charge in [0.2, 0.25) is 0 Å². The van der Waals surface area contributed by atoms with Crippen LogP contribution in [0.1, 0.15) is 26.3 Å². The Morgan fingerprint density at radius 1 is 1.10 bits per heavy atom. The van der Waals surface area contributed by atoms with E-state index >= 15 is 0 Å². The third-order valence-electron chi connectivity index (χ3n) is 3.10. The summed E-state index contributed by atoms with van der Waals surface area (Å²) in [6.07, 6.45) is 0. The number of hydrogen-bond acceptors (Lipinski definition) is 5. The predicted molar refractivity (Wildman–Crippen MR) is 78.2 cm³/mol. The van der Waals surface area contributed by atoms with Crippen LogP contribution in [0.5, 0.6) is 11.5 Å². The molecular formula is C15H20N2O3. The zero-order chi connectivity index (χ0) is 14.9. The van der Waals surface area contributed by atoms with Gasteiger partial charge in [-0.1, -0.05) is 25.9 Å².